The lowest BCUT2D eigenvalue weighted by atomic mass is 10.1. The standard InChI is InChI=1S/C23H30N2O3/c1-14(2)13-24-23(27)19-9-7-8-10-20(19)25-22(26)18(6)28-21-12-15(3)11-16(4)17(21)5/h7-12,14,18H,13H2,1-6H3,(H,24,27)(H,25,26). The Hall–Kier alpha value is -2.82. The van der Waals surface area contributed by atoms with Crippen molar-refractivity contribution in [1.82, 2.24) is 5.32 Å². The summed E-state index contributed by atoms with van der Waals surface area (Å²) in [6, 6.07) is 11.0. The van der Waals surface area contributed by atoms with Crippen LogP contribution in [0.1, 0.15) is 47.8 Å². The van der Waals surface area contributed by atoms with Crippen LogP contribution in [-0.2, 0) is 4.79 Å². The van der Waals surface area contributed by atoms with E-state index in [4.69, 9.17) is 4.74 Å². The second-order valence-corrected chi connectivity index (χ2v) is 7.60. The maximum absolute atomic E-state index is 12.7. The van der Waals surface area contributed by atoms with E-state index in [1.165, 1.54) is 0 Å². The molecule has 0 saturated carbocycles. The van der Waals surface area contributed by atoms with Gasteiger partial charge in [-0.3, -0.25) is 9.59 Å². The number of rotatable bonds is 7. The molecule has 2 aromatic rings. The van der Waals surface area contributed by atoms with Crippen molar-refractivity contribution < 1.29 is 14.3 Å². The predicted molar refractivity (Wildman–Crippen MR) is 113 cm³/mol. The highest BCUT2D eigenvalue weighted by molar-refractivity contribution is 6.04. The molecule has 2 amide bonds. The van der Waals surface area contributed by atoms with Crippen LogP contribution in [0.5, 0.6) is 5.75 Å². The van der Waals surface area contributed by atoms with Crippen LogP contribution in [0.3, 0.4) is 0 Å². The van der Waals surface area contributed by atoms with Gasteiger partial charge in [-0.25, -0.2) is 0 Å². The molecule has 2 aromatic carbocycles. The number of amides is 2. The van der Waals surface area contributed by atoms with Crippen LogP contribution in [-0.4, -0.2) is 24.5 Å². The van der Waals surface area contributed by atoms with Crippen LogP contribution in [0.15, 0.2) is 36.4 Å². The number of hydrogen-bond acceptors (Lipinski definition) is 3. The van der Waals surface area contributed by atoms with Gasteiger partial charge in [0.2, 0.25) is 0 Å². The number of ether oxygens (including phenoxy) is 1. The topological polar surface area (TPSA) is 67.4 Å². The fraction of sp³-hybridized carbons (Fsp3) is 0.391. The summed E-state index contributed by atoms with van der Waals surface area (Å²) in [6.07, 6.45) is -0.702. The average Bonchev–Trinajstić information content (AvgIpc) is 2.64. The van der Waals surface area contributed by atoms with Gasteiger partial charge < -0.3 is 15.4 Å². The van der Waals surface area contributed by atoms with E-state index in [0.717, 1.165) is 16.7 Å². The first-order valence-corrected chi connectivity index (χ1v) is 9.61. The highest BCUT2D eigenvalue weighted by Crippen LogP contribution is 2.25. The van der Waals surface area contributed by atoms with E-state index >= 15 is 0 Å². The Morgan fingerprint density at radius 2 is 1.71 bits per heavy atom. The van der Waals surface area contributed by atoms with Crippen LogP contribution < -0.4 is 15.4 Å². The number of carbonyl (C=O) groups excluding carboxylic acids is 2. The molecule has 28 heavy (non-hydrogen) atoms. The molecule has 2 rings (SSSR count). The Morgan fingerprint density at radius 3 is 2.39 bits per heavy atom. The van der Waals surface area contributed by atoms with E-state index in [1.807, 2.05) is 40.7 Å². The second kappa shape index (κ2) is 9.40. The predicted octanol–water partition coefficient (Wildman–Crippen LogP) is 4.40. The lowest BCUT2D eigenvalue weighted by Gasteiger charge is -2.19. The first-order valence-electron chi connectivity index (χ1n) is 9.61. The van der Waals surface area contributed by atoms with Crippen molar-refractivity contribution in [1.29, 1.82) is 0 Å². The molecule has 0 heterocycles. The molecule has 5 heteroatoms. The van der Waals surface area contributed by atoms with E-state index in [1.54, 1.807) is 31.2 Å². The normalized spacial score (nSPS) is 11.8. The number of anilines is 1. The van der Waals surface area contributed by atoms with Gasteiger partial charge in [-0.1, -0.05) is 32.0 Å². The lowest BCUT2D eigenvalue weighted by molar-refractivity contribution is -0.122. The van der Waals surface area contributed by atoms with Gasteiger partial charge in [0.1, 0.15) is 5.75 Å². The van der Waals surface area contributed by atoms with Gasteiger partial charge in [0.05, 0.1) is 11.3 Å². The summed E-state index contributed by atoms with van der Waals surface area (Å²) < 4.78 is 5.91. The summed E-state index contributed by atoms with van der Waals surface area (Å²) in [4.78, 5) is 25.1. The maximum Gasteiger partial charge on any atom is 0.265 e. The molecule has 0 aliphatic heterocycles. The van der Waals surface area contributed by atoms with Crippen LogP contribution >= 0.6 is 0 Å². The number of hydrogen-bond donors (Lipinski definition) is 2. The fourth-order valence-corrected chi connectivity index (χ4v) is 2.78. The molecular formula is C23H30N2O3. The minimum absolute atomic E-state index is 0.205. The van der Waals surface area contributed by atoms with Gasteiger partial charge in [0, 0.05) is 6.54 Å². The summed E-state index contributed by atoms with van der Waals surface area (Å²) in [5.41, 5.74) is 4.12. The van der Waals surface area contributed by atoms with Crippen molar-refractivity contribution in [3.63, 3.8) is 0 Å². The van der Waals surface area contributed by atoms with Gasteiger partial charge in [0.15, 0.2) is 6.10 Å². The zero-order valence-corrected chi connectivity index (χ0v) is 17.6. The molecule has 5 nitrogen and oxygen atoms in total. The van der Waals surface area contributed by atoms with Crippen LogP contribution in [0.2, 0.25) is 0 Å². The Kier molecular flexibility index (Phi) is 7.21. The smallest absolute Gasteiger partial charge is 0.265 e. The molecule has 150 valence electrons. The molecule has 0 spiro atoms. The summed E-state index contributed by atoms with van der Waals surface area (Å²) in [6.45, 7) is 12.3. The monoisotopic (exact) mass is 382 g/mol. The molecule has 0 fully saturated rings. The van der Waals surface area contributed by atoms with Crippen molar-refractivity contribution >= 4 is 17.5 Å². The first kappa shape index (κ1) is 21.5. The van der Waals surface area contributed by atoms with Gasteiger partial charge in [0.25, 0.3) is 11.8 Å². The van der Waals surface area contributed by atoms with Crippen LogP contribution in [0, 0.1) is 26.7 Å². The molecule has 2 N–H and O–H groups in total. The Labute approximate surface area is 167 Å². The minimum Gasteiger partial charge on any atom is -0.481 e. The average molecular weight is 383 g/mol. The Morgan fingerprint density at radius 1 is 1.04 bits per heavy atom. The minimum atomic E-state index is -0.702. The molecule has 0 saturated heterocycles. The van der Waals surface area contributed by atoms with E-state index in [2.05, 4.69) is 16.7 Å². The maximum atomic E-state index is 12.7. The lowest BCUT2D eigenvalue weighted by Crippen LogP contribution is -2.32. The van der Waals surface area contributed by atoms with Gasteiger partial charge in [-0.15, -0.1) is 0 Å². The van der Waals surface area contributed by atoms with E-state index < -0.39 is 6.10 Å². The molecule has 0 radical (unpaired) electrons. The first-order chi connectivity index (χ1) is 13.2. The summed E-state index contributed by atoms with van der Waals surface area (Å²) in [7, 11) is 0. The Bertz CT molecular complexity index is 859. The summed E-state index contributed by atoms with van der Waals surface area (Å²) in [5.74, 6) is 0.536. The third kappa shape index (κ3) is 5.59. The highest BCUT2D eigenvalue weighted by Gasteiger charge is 2.19. The third-order valence-electron chi connectivity index (χ3n) is 4.54. The van der Waals surface area contributed by atoms with Crippen molar-refractivity contribution in [3.05, 3.63) is 58.7 Å². The summed E-state index contributed by atoms with van der Waals surface area (Å²) >= 11 is 0. The van der Waals surface area contributed by atoms with Gasteiger partial charge >= 0.3 is 0 Å². The number of para-hydroxylation sites is 1. The highest BCUT2D eigenvalue weighted by atomic mass is 16.5. The molecule has 1 unspecified atom stereocenters. The van der Waals surface area contributed by atoms with E-state index in [-0.39, 0.29) is 11.8 Å². The third-order valence-corrected chi connectivity index (χ3v) is 4.54. The van der Waals surface area contributed by atoms with E-state index in [0.29, 0.717) is 29.5 Å². The Balaban J connectivity index is 2.11. The molecule has 0 bridgehead atoms. The molecule has 0 aliphatic rings. The van der Waals surface area contributed by atoms with Crippen molar-refractivity contribution in [2.24, 2.45) is 5.92 Å². The largest absolute Gasteiger partial charge is 0.481 e. The number of aryl methyl sites for hydroxylation is 2. The van der Waals surface area contributed by atoms with Gasteiger partial charge in [-0.2, -0.15) is 0 Å². The van der Waals surface area contributed by atoms with Gasteiger partial charge in [-0.05, 0) is 68.5 Å². The van der Waals surface area contributed by atoms with Crippen molar-refractivity contribution in [2.45, 2.75) is 47.6 Å². The quantitative estimate of drug-likeness (QED) is 0.746. The number of carbonyl (C=O) groups is 2. The molecule has 0 aliphatic carbocycles. The number of nitrogens with one attached hydrogen (secondary N) is 2. The number of benzene rings is 2. The molecule has 1 atom stereocenters. The zero-order chi connectivity index (χ0) is 20.8. The van der Waals surface area contributed by atoms with E-state index in [9.17, 15) is 9.59 Å². The zero-order valence-electron chi connectivity index (χ0n) is 17.6. The van der Waals surface area contributed by atoms with Crippen molar-refractivity contribution in [2.75, 3.05) is 11.9 Å². The second-order valence-electron chi connectivity index (χ2n) is 7.60. The molecule has 0 aromatic heterocycles. The van der Waals surface area contributed by atoms with Crippen LogP contribution in [0.25, 0.3) is 0 Å². The summed E-state index contributed by atoms with van der Waals surface area (Å²) in [5, 5.41) is 5.70. The van der Waals surface area contributed by atoms with Crippen LogP contribution in [0.4, 0.5) is 5.69 Å². The molecular weight excluding hydrogens is 352 g/mol. The fourth-order valence-electron chi connectivity index (χ4n) is 2.78. The van der Waals surface area contributed by atoms with Crippen molar-refractivity contribution in [3.8, 4) is 5.75 Å². The SMILES string of the molecule is Cc1cc(C)c(C)c(OC(C)C(=O)Nc2ccccc2C(=O)NCC(C)C)c1.